The summed E-state index contributed by atoms with van der Waals surface area (Å²) in [6, 6.07) is 25.1. The van der Waals surface area contributed by atoms with E-state index in [0.29, 0.717) is 23.8 Å². The molecule has 0 unspecified atom stereocenters. The predicted molar refractivity (Wildman–Crippen MR) is 112 cm³/mol. The van der Waals surface area contributed by atoms with Crippen LogP contribution in [0.3, 0.4) is 0 Å². The molecule has 28 heavy (non-hydrogen) atoms. The molecule has 0 fully saturated rings. The van der Waals surface area contributed by atoms with Crippen molar-refractivity contribution in [3.8, 4) is 17.2 Å². The Bertz CT molecular complexity index is 866. The predicted octanol–water partition coefficient (Wildman–Crippen LogP) is 4.79. The molecule has 0 spiro atoms. The van der Waals surface area contributed by atoms with Crippen molar-refractivity contribution in [2.24, 2.45) is 0 Å². The van der Waals surface area contributed by atoms with Crippen LogP contribution in [0.2, 0.25) is 0 Å². The largest absolute Gasteiger partial charge is 0.493 e. The van der Waals surface area contributed by atoms with Gasteiger partial charge in [-0.1, -0.05) is 66.7 Å². The number of benzene rings is 3. The third-order valence-corrected chi connectivity index (χ3v) is 4.81. The van der Waals surface area contributed by atoms with Crippen molar-refractivity contribution in [2.75, 3.05) is 21.3 Å². The number of rotatable bonds is 9. The molecule has 0 saturated carbocycles. The molecular formula is C24H27NO3. The Morgan fingerprint density at radius 3 is 1.96 bits per heavy atom. The number of hydrogen-bond donors (Lipinski definition) is 1. The summed E-state index contributed by atoms with van der Waals surface area (Å²) in [6.45, 7) is 0.649. The zero-order valence-electron chi connectivity index (χ0n) is 16.6. The second-order valence-corrected chi connectivity index (χ2v) is 6.53. The highest BCUT2D eigenvalue weighted by Crippen LogP contribution is 2.39. The van der Waals surface area contributed by atoms with Crippen LogP contribution in [0, 0.1) is 0 Å². The molecule has 0 amide bonds. The van der Waals surface area contributed by atoms with Crippen LogP contribution < -0.4 is 19.5 Å². The fourth-order valence-electron chi connectivity index (χ4n) is 3.38. The van der Waals surface area contributed by atoms with Crippen molar-refractivity contribution >= 4 is 0 Å². The molecule has 3 aromatic carbocycles. The monoisotopic (exact) mass is 377 g/mol. The highest BCUT2D eigenvalue weighted by molar-refractivity contribution is 5.55. The second-order valence-electron chi connectivity index (χ2n) is 6.53. The highest BCUT2D eigenvalue weighted by Gasteiger charge is 2.18. The lowest BCUT2D eigenvalue weighted by Gasteiger charge is -2.21. The number of ether oxygens (including phenoxy) is 3. The van der Waals surface area contributed by atoms with Crippen LogP contribution in [0.25, 0.3) is 0 Å². The van der Waals surface area contributed by atoms with Gasteiger partial charge in [0.2, 0.25) is 5.75 Å². The van der Waals surface area contributed by atoms with Crippen molar-refractivity contribution in [3.63, 3.8) is 0 Å². The lowest BCUT2D eigenvalue weighted by Crippen LogP contribution is -2.23. The summed E-state index contributed by atoms with van der Waals surface area (Å²) in [5.41, 5.74) is 3.57. The first-order chi connectivity index (χ1) is 13.8. The molecule has 0 radical (unpaired) electrons. The Morgan fingerprint density at radius 2 is 1.36 bits per heavy atom. The van der Waals surface area contributed by atoms with E-state index in [1.54, 1.807) is 21.3 Å². The van der Waals surface area contributed by atoms with Crippen molar-refractivity contribution in [1.29, 1.82) is 0 Å². The van der Waals surface area contributed by atoms with E-state index < -0.39 is 0 Å². The summed E-state index contributed by atoms with van der Waals surface area (Å²) in [5.74, 6) is 1.97. The van der Waals surface area contributed by atoms with Gasteiger partial charge in [0.05, 0.1) is 21.3 Å². The van der Waals surface area contributed by atoms with Gasteiger partial charge in [-0.3, -0.25) is 0 Å². The van der Waals surface area contributed by atoms with Crippen LogP contribution >= 0.6 is 0 Å². The van der Waals surface area contributed by atoms with Crippen LogP contribution in [0.1, 0.15) is 22.7 Å². The Labute approximate surface area is 167 Å². The molecule has 0 aliphatic heterocycles. The summed E-state index contributed by atoms with van der Waals surface area (Å²) in [4.78, 5) is 0. The van der Waals surface area contributed by atoms with Crippen LogP contribution in [0.5, 0.6) is 17.2 Å². The Hall–Kier alpha value is -2.98. The van der Waals surface area contributed by atoms with Gasteiger partial charge in [0, 0.05) is 18.2 Å². The topological polar surface area (TPSA) is 39.7 Å². The molecule has 1 atom stereocenters. The van der Waals surface area contributed by atoms with Crippen LogP contribution in [0.4, 0.5) is 0 Å². The molecule has 0 bridgehead atoms. The van der Waals surface area contributed by atoms with Gasteiger partial charge in [-0.05, 0) is 23.6 Å². The second kappa shape index (κ2) is 9.81. The fraction of sp³-hybridized carbons (Fsp3) is 0.250. The zero-order valence-corrected chi connectivity index (χ0v) is 16.6. The quantitative estimate of drug-likeness (QED) is 0.582. The third kappa shape index (κ3) is 4.65. The van der Waals surface area contributed by atoms with Gasteiger partial charge < -0.3 is 19.5 Å². The standard InChI is InChI=1S/C24H27NO3/c1-26-22-15-14-20(23(27-2)24(22)28-3)17-25-21(19-12-8-5-9-13-19)16-18-10-6-4-7-11-18/h4-15,21,25H,16-17H2,1-3H3/t21-/m1/s1. The fourth-order valence-corrected chi connectivity index (χ4v) is 3.38. The van der Waals surface area contributed by atoms with E-state index in [2.05, 4.69) is 53.8 Å². The van der Waals surface area contributed by atoms with Gasteiger partial charge in [0.1, 0.15) is 0 Å². The van der Waals surface area contributed by atoms with Gasteiger partial charge in [-0.25, -0.2) is 0 Å². The van der Waals surface area contributed by atoms with Crippen molar-refractivity contribution in [1.82, 2.24) is 5.32 Å². The van der Waals surface area contributed by atoms with Crippen LogP contribution in [0.15, 0.2) is 72.8 Å². The lowest BCUT2D eigenvalue weighted by atomic mass is 9.98. The lowest BCUT2D eigenvalue weighted by molar-refractivity contribution is 0.321. The minimum atomic E-state index is 0.182. The van der Waals surface area contributed by atoms with Gasteiger partial charge >= 0.3 is 0 Å². The SMILES string of the molecule is COc1ccc(CN[C@H](Cc2ccccc2)c2ccccc2)c(OC)c1OC. The molecule has 0 aromatic heterocycles. The molecular weight excluding hydrogens is 350 g/mol. The number of methoxy groups -OCH3 is 3. The molecule has 3 rings (SSSR count). The van der Waals surface area contributed by atoms with E-state index >= 15 is 0 Å². The number of nitrogens with one attached hydrogen (secondary N) is 1. The summed E-state index contributed by atoms with van der Waals surface area (Å²) < 4.78 is 16.5. The maximum atomic E-state index is 5.62. The van der Waals surface area contributed by atoms with E-state index in [-0.39, 0.29) is 6.04 Å². The molecule has 3 aromatic rings. The van der Waals surface area contributed by atoms with E-state index in [1.165, 1.54) is 11.1 Å². The van der Waals surface area contributed by atoms with Gasteiger partial charge in [-0.2, -0.15) is 0 Å². The molecule has 0 saturated heterocycles. The van der Waals surface area contributed by atoms with E-state index in [0.717, 1.165) is 12.0 Å². The van der Waals surface area contributed by atoms with Crippen molar-refractivity contribution in [3.05, 3.63) is 89.5 Å². The van der Waals surface area contributed by atoms with Crippen molar-refractivity contribution in [2.45, 2.75) is 19.0 Å². The van der Waals surface area contributed by atoms with Gasteiger partial charge in [0.15, 0.2) is 11.5 Å². The zero-order chi connectivity index (χ0) is 19.8. The molecule has 1 N–H and O–H groups in total. The highest BCUT2D eigenvalue weighted by atomic mass is 16.5. The van der Waals surface area contributed by atoms with E-state index in [4.69, 9.17) is 14.2 Å². The minimum absolute atomic E-state index is 0.182. The summed E-state index contributed by atoms with van der Waals surface area (Å²) in [7, 11) is 4.90. The van der Waals surface area contributed by atoms with Crippen LogP contribution in [-0.4, -0.2) is 21.3 Å². The first-order valence-electron chi connectivity index (χ1n) is 9.37. The van der Waals surface area contributed by atoms with Crippen molar-refractivity contribution < 1.29 is 14.2 Å². The number of hydrogen-bond acceptors (Lipinski definition) is 4. The van der Waals surface area contributed by atoms with E-state index in [1.807, 2.05) is 24.3 Å². The Kier molecular flexibility index (Phi) is 6.93. The first kappa shape index (κ1) is 19.8. The Balaban J connectivity index is 1.84. The molecule has 0 heterocycles. The molecule has 4 nitrogen and oxygen atoms in total. The summed E-state index contributed by atoms with van der Waals surface area (Å²) >= 11 is 0. The molecule has 0 aliphatic carbocycles. The summed E-state index contributed by atoms with van der Waals surface area (Å²) in [6.07, 6.45) is 0.903. The van der Waals surface area contributed by atoms with Gasteiger partial charge in [0.25, 0.3) is 0 Å². The van der Waals surface area contributed by atoms with Gasteiger partial charge in [-0.15, -0.1) is 0 Å². The maximum absolute atomic E-state index is 5.62. The molecule has 4 heteroatoms. The normalized spacial score (nSPS) is 11.7. The average Bonchev–Trinajstić information content (AvgIpc) is 2.77. The first-order valence-corrected chi connectivity index (χ1v) is 9.37. The minimum Gasteiger partial charge on any atom is -0.493 e. The average molecular weight is 377 g/mol. The third-order valence-electron chi connectivity index (χ3n) is 4.81. The van der Waals surface area contributed by atoms with Crippen LogP contribution in [-0.2, 0) is 13.0 Å². The van der Waals surface area contributed by atoms with E-state index in [9.17, 15) is 0 Å². The Morgan fingerprint density at radius 1 is 0.714 bits per heavy atom. The molecule has 0 aliphatic rings. The smallest absolute Gasteiger partial charge is 0.203 e. The summed E-state index contributed by atoms with van der Waals surface area (Å²) in [5, 5.41) is 3.69. The molecule has 146 valence electrons. The maximum Gasteiger partial charge on any atom is 0.203 e.